The van der Waals surface area contributed by atoms with Crippen molar-refractivity contribution in [2.75, 3.05) is 58.5 Å². The topological polar surface area (TPSA) is 80.7 Å². The highest BCUT2D eigenvalue weighted by Crippen LogP contribution is 2.42. The summed E-state index contributed by atoms with van der Waals surface area (Å²) in [5, 5.41) is 10.5. The standard InChI is InChI=1S/C31H36N2O6/c1-36-23-11-9-22(10-12-23)29-21-27(35)31-26(34)19-24(20-30(31)39-29)38-18-6-5-13-32-14-16-33(17-15-32)25-7-3-4-8-28(25)37-2/h3-4,7-12,19-20,29,34H,5-6,13-18,21H2,1-2H3/t29-/m0/s1. The number of benzene rings is 3. The maximum atomic E-state index is 12.8. The number of aromatic hydroxyl groups is 1. The number of piperazine rings is 1. The van der Waals surface area contributed by atoms with Crippen LogP contribution in [0.5, 0.6) is 28.7 Å². The predicted octanol–water partition coefficient (Wildman–Crippen LogP) is 5.10. The van der Waals surface area contributed by atoms with Gasteiger partial charge in [-0.3, -0.25) is 9.69 Å². The Morgan fingerprint density at radius 1 is 0.923 bits per heavy atom. The molecule has 0 aromatic heterocycles. The van der Waals surface area contributed by atoms with Gasteiger partial charge in [0.05, 0.1) is 32.9 Å². The Kier molecular flexibility index (Phi) is 8.42. The molecule has 0 spiro atoms. The highest BCUT2D eigenvalue weighted by atomic mass is 16.5. The average Bonchev–Trinajstić information content (AvgIpc) is 2.97. The van der Waals surface area contributed by atoms with Crippen molar-refractivity contribution in [2.45, 2.75) is 25.4 Å². The fourth-order valence-corrected chi connectivity index (χ4v) is 5.23. The monoisotopic (exact) mass is 532 g/mol. The number of ether oxygens (including phenoxy) is 4. The van der Waals surface area contributed by atoms with Gasteiger partial charge in [0, 0.05) is 38.3 Å². The minimum Gasteiger partial charge on any atom is -0.507 e. The Morgan fingerprint density at radius 2 is 1.69 bits per heavy atom. The van der Waals surface area contributed by atoms with E-state index in [1.54, 1.807) is 20.3 Å². The maximum absolute atomic E-state index is 12.8. The molecule has 39 heavy (non-hydrogen) atoms. The first-order valence-corrected chi connectivity index (χ1v) is 13.5. The van der Waals surface area contributed by atoms with E-state index in [1.165, 1.54) is 6.07 Å². The van der Waals surface area contributed by atoms with E-state index in [9.17, 15) is 9.90 Å². The molecule has 1 saturated heterocycles. The first-order valence-electron chi connectivity index (χ1n) is 13.5. The molecule has 0 radical (unpaired) electrons. The lowest BCUT2D eigenvalue weighted by atomic mass is 9.95. The van der Waals surface area contributed by atoms with Crippen LogP contribution in [-0.2, 0) is 0 Å². The van der Waals surface area contributed by atoms with Gasteiger partial charge in [-0.1, -0.05) is 24.3 Å². The lowest BCUT2D eigenvalue weighted by molar-refractivity contribution is 0.0844. The van der Waals surface area contributed by atoms with Crippen LogP contribution in [0.4, 0.5) is 5.69 Å². The summed E-state index contributed by atoms with van der Waals surface area (Å²) in [5.74, 6) is 2.27. The van der Waals surface area contributed by atoms with Crippen molar-refractivity contribution in [3.05, 3.63) is 71.8 Å². The Balaban J connectivity index is 1.09. The summed E-state index contributed by atoms with van der Waals surface area (Å²) in [6.07, 6.45) is 1.65. The van der Waals surface area contributed by atoms with Crippen LogP contribution in [0.1, 0.15) is 41.3 Å². The van der Waals surface area contributed by atoms with E-state index in [0.717, 1.165) is 68.3 Å². The van der Waals surface area contributed by atoms with Crippen molar-refractivity contribution in [1.29, 1.82) is 0 Å². The van der Waals surface area contributed by atoms with Crippen LogP contribution in [0.15, 0.2) is 60.7 Å². The summed E-state index contributed by atoms with van der Waals surface area (Å²) < 4.78 is 22.8. The zero-order chi connectivity index (χ0) is 27.2. The third kappa shape index (κ3) is 6.23. The average molecular weight is 533 g/mol. The highest BCUT2D eigenvalue weighted by Gasteiger charge is 2.31. The van der Waals surface area contributed by atoms with Crippen molar-refractivity contribution < 1.29 is 28.8 Å². The summed E-state index contributed by atoms with van der Waals surface area (Å²) in [5.41, 5.74) is 2.26. The number of hydrogen-bond acceptors (Lipinski definition) is 8. The second kappa shape index (κ2) is 12.3. The van der Waals surface area contributed by atoms with Crippen LogP contribution in [-0.4, -0.2) is 69.3 Å². The highest BCUT2D eigenvalue weighted by molar-refractivity contribution is 6.02. The summed E-state index contributed by atoms with van der Waals surface area (Å²) in [4.78, 5) is 17.7. The van der Waals surface area contributed by atoms with E-state index in [4.69, 9.17) is 18.9 Å². The number of anilines is 1. The number of phenols is 1. The molecule has 5 rings (SSSR count). The zero-order valence-electron chi connectivity index (χ0n) is 22.6. The Labute approximate surface area is 229 Å². The maximum Gasteiger partial charge on any atom is 0.174 e. The zero-order valence-corrected chi connectivity index (χ0v) is 22.6. The third-order valence-corrected chi connectivity index (χ3v) is 7.40. The van der Waals surface area contributed by atoms with Crippen molar-refractivity contribution in [2.24, 2.45) is 0 Å². The number of para-hydroxylation sites is 2. The smallest absolute Gasteiger partial charge is 0.174 e. The number of rotatable bonds is 10. The number of carbonyl (C=O) groups is 1. The number of ketones is 1. The van der Waals surface area contributed by atoms with Crippen LogP contribution in [0.2, 0.25) is 0 Å². The number of fused-ring (bicyclic) bond motifs is 1. The van der Waals surface area contributed by atoms with Gasteiger partial charge in [0.15, 0.2) is 5.78 Å². The third-order valence-electron chi connectivity index (χ3n) is 7.40. The van der Waals surface area contributed by atoms with E-state index < -0.39 is 6.10 Å². The first-order chi connectivity index (χ1) is 19.1. The Morgan fingerprint density at radius 3 is 2.44 bits per heavy atom. The van der Waals surface area contributed by atoms with Crippen LogP contribution in [0, 0.1) is 0 Å². The van der Waals surface area contributed by atoms with Crippen molar-refractivity contribution in [3.63, 3.8) is 0 Å². The SMILES string of the molecule is COc1ccc([C@@H]2CC(=O)c3c(O)cc(OCCCCN4CCN(c5ccccc5OC)CC4)cc3O2)cc1. The summed E-state index contributed by atoms with van der Waals surface area (Å²) in [6, 6.07) is 18.9. The molecule has 2 aliphatic heterocycles. The van der Waals surface area contributed by atoms with Crippen LogP contribution in [0.25, 0.3) is 0 Å². The number of unbranched alkanes of at least 4 members (excludes halogenated alkanes) is 1. The predicted molar refractivity (Wildman–Crippen MR) is 150 cm³/mol. The number of phenolic OH excluding ortho intramolecular Hbond substituents is 1. The molecule has 8 nitrogen and oxygen atoms in total. The minimum absolute atomic E-state index is 0.103. The van der Waals surface area contributed by atoms with Crippen LogP contribution >= 0.6 is 0 Å². The number of carbonyl (C=O) groups excluding carboxylic acids is 1. The van der Waals surface area contributed by atoms with E-state index in [0.29, 0.717) is 18.1 Å². The molecule has 3 aromatic carbocycles. The summed E-state index contributed by atoms with van der Waals surface area (Å²) in [6.45, 7) is 5.51. The lowest BCUT2D eigenvalue weighted by Gasteiger charge is -2.36. The summed E-state index contributed by atoms with van der Waals surface area (Å²) in [7, 11) is 3.33. The molecule has 0 unspecified atom stereocenters. The lowest BCUT2D eigenvalue weighted by Crippen LogP contribution is -2.46. The molecule has 2 heterocycles. The molecule has 206 valence electrons. The molecular formula is C31H36N2O6. The minimum atomic E-state index is -0.422. The second-order valence-corrected chi connectivity index (χ2v) is 9.88. The van der Waals surface area contributed by atoms with E-state index in [2.05, 4.69) is 21.9 Å². The Bertz CT molecular complexity index is 1270. The normalized spacial score (nSPS) is 17.3. The van der Waals surface area contributed by atoms with Crippen molar-refractivity contribution in [3.8, 4) is 28.7 Å². The molecule has 2 aliphatic rings. The quantitative estimate of drug-likeness (QED) is 0.362. The largest absolute Gasteiger partial charge is 0.507 e. The van der Waals surface area contributed by atoms with Gasteiger partial charge in [-0.15, -0.1) is 0 Å². The molecule has 0 saturated carbocycles. The number of methoxy groups -OCH3 is 2. The van der Waals surface area contributed by atoms with Gasteiger partial charge in [-0.05, 0) is 49.2 Å². The Hall–Kier alpha value is -3.91. The first kappa shape index (κ1) is 26.7. The van der Waals surface area contributed by atoms with Crippen molar-refractivity contribution in [1.82, 2.24) is 4.90 Å². The molecule has 0 bridgehead atoms. The van der Waals surface area contributed by atoms with Gasteiger partial charge in [-0.2, -0.15) is 0 Å². The fourth-order valence-electron chi connectivity index (χ4n) is 5.23. The number of Topliss-reactive ketones (excluding diaryl/α,β-unsaturated/α-hetero) is 1. The molecule has 1 N–H and O–H groups in total. The molecule has 0 aliphatic carbocycles. The fraction of sp³-hybridized carbons (Fsp3) is 0.387. The molecular weight excluding hydrogens is 496 g/mol. The second-order valence-electron chi connectivity index (χ2n) is 9.88. The van der Waals surface area contributed by atoms with E-state index in [1.807, 2.05) is 36.4 Å². The van der Waals surface area contributed by atoms with Gasteiger partial charge < -0.3 is 29.0 Å². The summed E-state index contributed by atoms with van der Waals surface area (Å²) >= 11 is 0. The van der Waals surface area contributed by atoms with Crippen LogP contribution < -0.4 is 23.8 Å². The molecule has 3 aromatic rings. The molecule has 1 fully saturated rings. The van der Waals surface area contributed by atoms with Crippen LogP contribution in [0.3, 0.4) is 0 Å². The van der Waals surface area contributed by atoms with E-state index >= 15 is 0 Å². The molecule has 8 heteroatoms. The molecule has 1 atom stereocenters. The number of nitrogens with zero attached hydrogens (tertiary/aromatic N) is 2. The van der Waals surface area contributed by atoms with Crippen molar-refractivity contribution >= 4 is 11.5 Å². The molecule has 0 amide bonds. The van der Waals surface area contributed by atoms with Gasteiger partial charge in [0.25, 0.3) is 0 Å². The van der Waals surface area contributed by atoms with Gasteiger partial charge in [0.2, 0.25) is 0 Å². The van der Waals surface area contributed by atoms with Gasteiger partial charge in [-0.25, -0.2) is 0 Å². The number of hydrogen-bond donors (Lipinski definition) is 1. The van der Waals surface area contributed by atoms with Gasteiger partial charge in [0.1, 0.15) is 40.4 Å². The van der Waals surface area contributed by atoms with E-state index in [-0.39, 0.29) is 23.5 Å². The van der Waals surface area contributed by atoms with Gasteiger partial charge >= 0.3 is 0 Å².